The van der Waals surface area contributed by atoms with E-state index in [0.29, 0.717) is 17.9 Å². The van der Waals surface area contributed by atoms with Crippen molar-refractivity contribution in [3.8, 4) is 0 Å². The van der Waals surface area contributed by atoms with Crippen molar-refractivity contribution in [2.75, 3.05) is 6.61 Å². The molecule has 0 bridgehead atoms. The Labute approximate surface area is 89.1 Å². The summed E-state index contributed by atoms with van der Waals surface area (Å²) in [5.41, 5.74) is 1.72. The minimum atomic E-state index is -0.284. The van der Waals surface area contributed by atoms with E-state index >= 15 is 0 Å². The van der Waals surface area contributed by atoms with Crippen LogP contribution in [0.4, 0.5) is 0 Å². The molecule has 15 heavy (non-hydrogen) atoms. The summed E-state index contributed by atoms with van der Waals surface area (Å²) in [4.78, 5) is 11.6. The second kappa shape index (κ2) is 4.01. The van der Waals surface area contributed by atoms with Crippen molar-refractivity contribution in [3.05, 3.63) is 28.7 Å². The maximum atomic E-state index is 11.6. The minimum Gasteiger partial charge on any atom is -0.462 e. The molecular weight excluding hydrogens is 192 g/mol. The predicted molar refractivity (Wildman–Crippen MR) is 55.8 cm³/mol. The maximum Gasteiger partial charge on any atom is 0.347 e. The van der Waals surface area contributed by atoms with Crippen molar-refractivity contribution in [3.63, 3.8) is 0 Å². The summed E-state index contributed by atoms with van der Waals surface area (Å²) in [6.45, 7) is 4.01. The fourth-order valence-corrected chi connectivity index (χ4v) is 1.94. The molecule has 0 radical (unpaired) electrons. The second-order valence-corrected chi connectivity index (χ2v) is 3.74. The molecule has 0 amide bonds. The average Bonchev–Trinajstić information content (AvgIpc) is 2.63. The van der Waals surface area contributed by atoms with Gasteiger partial charge in [0.1, 0.15) is 0 Å². The number of ether oxygens (including phenoxy) is 1. The van der Waals surface area contributed by atoms with Crippen molar-refractivity contribution < 1.29 is 13.9 Å². The molecule has 1 heterocycles. The number of hydrogen-bond acceptors (Lipinski definition) is 2. The molecule has 0 atom stereocenters. The quantitative estimate of drug-likeness (QED) is 0.552. The monoisotopic (exact) mass is 207 g/mol. The molecule has 0 N–H and O–H groups in total. The molecule has 80 valence electrons. The van der Waals surface area contributed by atoms with E-state index in [1.165, 1.54) is 0 Å². The van der Waals surface area contributed by atoms with E-state index in [9.17, 15) is 4.79 Å². The predicted octanol–water partition coefficient (Wildman–Crippen LogP) is 2.53. The highest BCUT2D eigenvalue weighted by Gasteiger charge is 2.28. The summed E-state index contributed by atoms with van der Waals surface area (Å²) in [7, 11) is 0. The first-order chi connectivity index (χ1) is 7.22. The van der Waals surface area contributed by atoms with Gasteiger partial charge in [0.2, 0.25) is 0 Å². The molecule has 1 aromatic rings. The highest BCUT2D eigenvalue weighted by Crippen LogP contribution is 2.25. The first kappa shape index (κ1) is 10.1. The van der Waals surface area contributed by atoms with Crippen molar-refractivity contribution >= 4 is 5.97 Å². The van der Waals surface area contributed by atoms with Gasteiger partial charge < -0.3 is 4.74 Å². The molecule has 2 rings (SSSR count). The van der Waals surface area contributed by atoms with E-state index in [0.717, 1.165) is 30.6 Å². The van der Waals surface area contributed by atoms with Crippen LogP contribution in [0.15, 0.2) is 10.5 Å². The third-order valence-electron chi connectivity index (χ3n) is 2.68. The third-order valence-corrected chi connectivity index (χ3v) is 2.68. The Balaban J connectivity index is 2.36. The Bertz CT molecular complexity index is 396. The number of hydrogen-bond donors (Lipinski definition) is 0. The topological polar surface area (TPSA) is 37.6 Å². The standard InChI is InChI=1S/C12H15O3/c1-3-14-12(13)10-7-9-5-4-6-11(9)15-8(10)2/h7H,3-6H2,1-2H3/q+1. The van der Waals surface area contributed by atoms with Gasteiger partial charge in [0.05, 0.1) is 25.5 Å². The fraction of sp³-hybridized carbons (Fsp3) is 0.500. The lowest BCUT2D eigenvalue weighted by molar-refractivity contribution is 0.0522. The van der Waals surface area contributed by atoms with Crippen molar-refractivity contribution in [2.45, 2.75) is 33.1 Å². The Hall–Kier alpha value is -1.38. The molecule has 0 fully saturated rings. The van der Waals surface area contributed by atoms with Crippen LogP contribution in [0, 0.1) is 6.92 Å². The zero-order chi connectivity index (χ0) is 10.8. The van der Waals surface area contributed by atoms with E-state index in [1.54, 1.807) is 6.92 Å². The summed E-state index contributed by atoms with van der Waals surface area (Å²) in [6, 6.07) is 1.92. The van der Waals surface area contributed by atoms with Gasteiger partial charge in [-0.25, -0.2) is 9.21 Å². The van der Waals surface area contributed by atoms with Gasteiger partial charge >= 0.3 is 17.5 Å². The summed E-state index contributed by atoms with van der Waals surface area (Å²) in [6.07, 6.45) is 3.11. The third kappa shape index (κ3) is 1.87. The van der Waals surface area contributed by atoms with Crippen LogP contribution >= 0.6 is 0 Å². The molecule has 1 aliphatic rings. The van der Waals surface area contributed by atoms with Crippen LogP contribution in [0.1, 0.15) is 40.8 Å². The highest BCUT2D eigenvalue weighted by molar-refractivity contribution is 5.90. The van der Waals surface area contributed by atoms with Gasteiger partial charge in [-0.2, -0.15) is 0 Å². The number of esters is 1. The average molecular weight is 207 g/mol. The van der Waals surface area contributed by atoms with E-state index in [-0.39, 0.29) is 5.97 Å². The van der Waals surface area contributed by atoms with E-state index in [2.05, 4.69) is 0 Å². The molecule has 0 saturated heterocycles. The normalized spacial score (nSPS) is 13.7. The van der Waals surface area contributed by atoms with Gasteiger partial charge in [-0.3, -0.25) is 0 Å². The number of carbonyl (C=O) groups excluding carboxylic acids is 1. The van der Waals surface area contributed by atoms with Crippen molar-refractivity contribution in [2.24, 2.45) is 0 Å². The Morgan fingerprint density at radius 1 is 1.53 bits per heavy atom. The molecule has 3 nitrogen and oxygen atoms in total. The number of carbonyl (C=O) groups is 1. The van der Waals surface area contributed by atoms with Crippen molar-refractivity contribution in [1.29, 1.82) is 0 Å². The molecule has 0 aliphatic heterocycles. The van der Waals surface area contributed by atoms with Crippen LogP contribution < -0.4 is 0 Å². The summed E-state index contributed by atoms with van der Waals surface area (Å²) in [5.74, 6) is 1.41. The van der Waals surface area contributed by atoms with Crippen LogP contribution in [0.3, 0.4) is 0 Å². The van der Waals surface area contributed by atoms with Gasteiger partial charge in [-0.15, -0.1) is 0 Å². The van der Waals surface area contributed by atoms with Crippen LogP contribution in [0.5, 0.6) is 0 Å². The molecule has 0 saturated carbocycles. The summed E-state index contributed by atoms with van der Waals surface area (Å²) < 4.78 is 10.6. The molecule has 1 aliphatic carbocycles. The molecule has 0 aromatic carbocycles. The largest absolute Gasteiger partial charge is 0.462 e. The zero-order valence-electron chi connectivity index (χ0n) is 9.13. The van der Waals surface area contributed by atoms with Gasteiger partial charge in [-0.1, -0.05) is 0 Å². The molecular formula is C12H15O3+. The Morgan fingerprint density at radius 3 is 3.07 bits per heavy atom. The molecule has 0 unspecified atom stereocenters. The summed E-state index contributed by atoms with van der Waals surface area (Å²) >= 11 is 0. The SMILES string of the molecule is CCOC(=O)c1cc2c([o+]c1C)CCC2. The van der Waals surface area contributed by atoms with E-state index in [4.69, 9.17) is 9.15 Å². The first-order valence-electron chi connectivity index (χ1n) is 5.35. The number of rotatable bonds is 2. The van der Waals surface area contributed by atoms with Gasteiger partial charge in [0, 0.05) is 0 Å². The first-order valence-corrected chi connectivity index (χ1v) is 5.35. The van der Waals surface area contributed by atoms with Crippen LogP contribution in [0.25, 0.3) is 0 Å². The zero-order valence-corrected chi connectivity index (χ0v) is 9.13. The maximum absolute atomic E-state index is 11.6. The Kier molecular flexibility index (Phi) is 2.71. The Morgan fingerprint density at radius 2 is 2.33 bits per heavy atom. The number of aryl methyl sites for hydroxylation is 3. The van der Waals surface area contributed by atoms with Crippen molar-refractivity contribution in [1.82, 2.24) is 0 Å². The van der Waals surface area contributed by atoms with Crippen LogP contribution in [0.2, 0.25) is 0 Å². The minimum absolute atomic E-state index is 0.284. The van der Waals surface area contributed by atoms with Crippen LogP contribution in [-0.2, 0) is 17.6 Å². The van der Waals surface area contributed by atoms with Gasteiger partial charge in [0.25, 0.3) is 0 Å². The smallest absolute Gasteiger partial charge is 0.347 e. The van der Waals surface area contributed by atoms with E-state index in [1.807, 2.05) is 13.0 Å². The van der Waals surface area contributed by atoms with E-state index < -0.39 is 0 Å². The summed E-state index contributed by atoms with van der Waals surface area (Å²) in [5, 5.41) is 0. The lowest BCUT2D eigenvalue weighted by atomic mass is 10.1. The lowest BCUT2D eigenvalue weighted by Gasteiger charge is -2.00. The van der Waals surface area contributed by atoms with Crippen LogP contribution in [-0.4, -0.2) is 12.6 Å². The molecule has 3 heteroatoms. The molecule has 1 aromatic heterocycles. The highest BCUT2D eigenvalue weighted by atomic mass is 16.5. The lowest BCUT2D eigenvalue weighted by Crippen LogP contribution is -2.07. The second-order valence-electron chi connectivity index (χ2n) is 3.74. The molecule has 0 spiro atoms. The van der Waals surface area contributed by atoms with Gasteiger partial charge in [0.15, 0.2) is 5.56 Å². The number of fused-ring (bicyclic) bond motifs is 1. The fourth-order valence-electron chi connectivity index (χ4n) is 1.94. The van der Waals surface area contributed by atoms with Gasteiger partial charge in [-0.05, 0) is 25.8 Å².